The molecule has 6 nitrogen and oxygen atoms in total. The number of carbonyl (C=O) groups excluding carboxylic acids is 2. The molecule has 44 heavy (non-hydrogen) atoms. The monoisotopic (exact) mass is 596 g/mol. The van der Waals surface area contributed by atoms with E-state index in [-0.39, 0.29) is 35.3 Å². The molecule has 0 saturated heterocycles. The fourth-order valence-corrected chi connectivity index (χ4v) is 5.09. The standard InChI is InChI=1S/C36H29FN2O4.Na.H/c1-23(38-33-12-5-3-9-31(33)35(40)25-13-15-26(37)16-14-25)36(41)43-28-19-17-27(18-20-28)42-22-21-24-7-6-10-30-29-8-2-4-11-32(29)39-34(24)30;;/h2-20,23,38-39H,21-22H2,1H3;;. The van der Waals surface area contributed by atoms with Crippen molar-refractivity contribution >= 4 is 68.8 Å². The second-order valence-electron chi connectivity index (χ2n) is 10.2. The van der Waals surface area contributed by atoms with Crippen molar-refractivity contribution in [2.24, 2.45) is 0 Å². The number of fused-ring (bicyclic) bond motifs is 3. The number of halogens is 1. The molecule has 2 N–H and O–H groups in total. The third-order valence-corrected chi connectivity index (χ3v) is 7.31. The van der Waals surface area contributed by atoms with Crippen LogP contribution in [-0.2, 0) is 11.2 Å². The van der Waals surface area contributed by atoms with Gasteiger partial charge in [0.15, 0.2) is 5.78 Å². The van der Waals surface area contributed by atoms with E-state index in [1.54, 1.807) is 55.5 Å². The molecule has 1 unspecified atom stereocenters. The summed E-state index contributed by atoms with van der Waals surface area (Å²) in [6.45, 7) is 2.15. The quantitative estimate of drug-likeness (QED) is 0.0766. The Morgan fingerprint density at radius 1 is 0.795 bits per heavy atom. The van der Waals surface area contributed by atoms with Gasteiger partial charge in [0.05, 0.1) is 6.61 Å². The number of nitrogens with one attached hydrogen (secondary N) is 2. The van der Waals surface area contributed by atoms with Gasteiger partial charge in [-0.3, -0.25) is 4.79 Å². The van der Waals surface area contributed by atoms with E-state index in [1.807, 2.05) is 12.1 Å². The van der Waals surface area contributed by atoms with E-state index in [2.05, 4.69) is 40.6 Å². The Hall–Kier alpha value is -4.43. The predicted octanol–water partition coefficient (Wildman–Crippen LogP) is 7.07. The van der Waals surface area contributed by atoms with Crippen LogP contribution in [0, 0.1) is 5.82 Å². The molecule has 0 aliphatic carbocycles. The number of carbonyl (C=O) groups is 2. The summed E-state index contributed by atoms with van der Waals surface area (Å²) in [5.74, 6) is -0.160. The zero-order valence-corrected chi connectivity index (χ0v) is 23.5. The number of hydrogen-bond donors (Lipinski definition) is 2. The van der Waals surface area contributed by atoms with Crippen LogP contribution in [0.1, 0.15) is 28.4 Å². The number of aromatic amines is 1. The van der Waals surface area contributed by atoms with Crippen LogP contribution in [-0.4, -0.2) is 58.9 Å². The molecule has 0 fully saturated rings. The number of H-pyrrole nitrogens is 1. The fourth-order valence-electron chi connectivity index (χ4n) is 5.09. The minimum atomic E-state index is -0.745. The summed E-state index contributed by atoms with van der Waals surface area (Å²) in [7, 11) is 0. The van der Waals surface area contributed by atoms with Gasteiger partial charge in [-0.15, -0.1) is 0 Å². The van der Waals surface area contributed by atoms with Gasteiger partial charge in [0, 0.05) is 45.0 Å². The maximum atomic E-state index is 13.3. The third kappa shape index (κ3) is 6.86. The van der Waals surface area contributed by atoms with Gasteiger partial charge in [-0.1, -0.05) is 48.5 Å². The van der Waals surface area contributed by atoms with E-state index in [4.69, 9.17) is 9.47 Å². The number of benzene rings is 5. The maximum absolute atomic E-state index is 13.3. The van der Waals surface area contributed by atoms with Crippen molar-refractivity contribution in [3.63, 3.8) is 0 Å². The summed E-state index contributed by atoms with van der Waals surface area (Å²) in [6, 6.07) is 32.9. The summed E-state index contributed by atoms with van der Waals surface area (Å²) in [5, 5.41) is 5.48. The molecule has 0 aliphatic heterocycles. The van der Waals surface area contributed by atoms with E-state index in [0.717, 1.165) is 17.5 Å². The fraction of sp³-hybridized carbons (Fsp3) is 0.111. The molecule has 6 rings (SSSR count). The van der Waals surface area contributed by atoms with E-state index >= 15 is 0 Å². The molecule has 0 amide bonds. The van der Waals surface area contributed by atoms with Crippen molar-refractivity contribution in [1.82, 2.24) is 4.98 Å². The number of ketones is 1. The molecule has 6 aromatic rings. The third-order valence-electron chi connectivity index (χ3n) is 7.31. The molecular weight excluding hydrogens is 566 g/mol. The molecule has 0 bridgehead atoms. The molecule has 5 aromatic carbocycles. The van der Waals surface area contributed by atoms with Crippen LogP contribution < -0.4 is 14.8 Å². The molecule has 0 radical (unpaired) electrons. The van der Waals surface area contributed by atoms with Crippen LogP contribution in [0.25, 0.3) is 21.8 Å². The number of aromatic nitrogens is 1. The zero-order valence-electron chi connectivity index (χ0n) is 23.5. The van der Waals surface area contributed by atoms with Crippen molar-refractivity contribution in [2.45, 2.75) is 19.4 Å². The second kappa shape index (κ2) is 13.9. The van der Waals surface area contributed by atoms with Gasteiger partial charge in [0.25, 0.3) is 0 Å². The van der Waals surface area contributed by atoms with Crippen molar-refractivity contribution in [3.8, 4) is 11.5 Å². The summed E-state index contributed by atoms with van der Waals surface area (Å²) < 4.78 is 24.9. The number of ether oxygens (including phenoxy) is 2. The average Bonchev–Trinajstić information content (AvgIpc) is 3.42. The van der Waals surface area contributed by atoms with Gasteiger partial charge in [-0.05, 0) is 79.2 Å². The molecule has 0 saturated carbocycles. The van der Waals surface area contributed by atoms with E-state index in [1.165, 1.54) is 40.6 Å². The minimum absolute atomic E-state index is 0. The number of rotatable bonds is 10. The molecule has 1 aromatic heterocycles. The normalized spacial score (nSPS) is 11.5. The first-order valence-electron chi connectivity index (χ1n) is 14.0. The van der Waals surface area contributed by atoms with Crippen molar-refractivity contribution in [1.29, 1.82) is 0 Å². The Labute approximate surface area is 276 Å². The Kier molecular flexibility index (Phi) is 9.80. The topological polar surface area (TPSA) is 80.4 Å². The number of para-hydroxylation sites is 3. The number of hydrogen-bond acceptors (Lipinski definition) is 5. The van der Waals surface area contributed by atoms with Crippen LogP contribution in [0.3, 0.4) is 0 Å². The van der Waals surface area contributed by atoms with Gasteiger partial charge in [0.1, 0.15) is 23.4 Å². The van der Waals surface area contributed by atoms with Crippen LogP contribution in [0.5, 0.6) is 11.5 Å². The Balaban J connectivity index is 0.00000384. The Morgan fingerprint density at radius 3 is 2.27 bits per heavy atom. The van der Waals surface area contributed by atoms with Crippen molar-refractivity contribution < 1.29 is 23.5 Å². The van der Waals surface area contributed by atoms with E-state index in [9.17, 15) is 14.0 Å². The Bertz CT molecular complexity index is 1920. The molecule has 8 heteroatoms. The van der Waals surface area contributed by atoms with E-state index < -0.39 is 17.8 Å². The first kappa shape index (κ1) is 31.0. The van der Waals surface area contributed by atoms with Gasteiger partial charge < -0.3 is 19.8 Å². The van der Waals surface area contributed by atoms with Gasteiger partial charge in [-0.2, -0.15) is 0 Å². The van der Waals surface area contributed by atoms with E-state index in [0.29, 0.717) is 34.9 Å². The van der Waals surface area contributed by atoms with Crippen LogP contribution in [0.2, 0.25) is 0 Å². The molecule has 0 spiro atoms. The van der Waals surface area contributed by atoms with Crippen LogP contribution in [0.15, 0.2) is 115 Å². The van der Waals surface area contributed by atoms with Gasteiger partial charge in [-0.25, -0.2) is 9.18 Å². The zero-order chi connectivity index (χ0) is 29.8. The van der Waals surface area contributed by atoms with Gasteiger partial charge in [0.2, 0.25) is 0 Å². The van der Waals surface area contributed by atoms with Crippen molar-refractivity contribution in [2.75, 3.05) is 11.9 Å². The summed E-state index contributed by atoms with van der Waals surface area (Å²) in [5.41, 5.74) is 4.62. The average molecular weight is 597 g/mol. The SMILES string of the molecule is CC(Nc1ccccc1C(=O)c1ccc(F)cc1)C(=O)Oc1ccc(OCCc2cccc3c2[nH]c2ccccc23)cc1.[NaH]. The predicted molar refractivity (Wildman–Crippen MR) is 174 cm³/mol. The second-order valence-corrected chi connectivity index (χ2v) is 10.2. The first-order chi connectivity index (χ1) is 21.0. The molecular formula is C36H30FN2NaO4. The first-order valence-corrected chi connectivity index (χ1v) is 14.0. The number of esters is 1. The van der Waals surface area contributed by atoms with Crippen LogP contribution in [0.4, 0.5) is 10.1 Å². The summed E-state index contributed by atoms with van der Waals surface area (Å²) in [4.78, 5) is 29.4. The summed E-state index contributed by atoms with van der Waals surface area (Å²) in [6.07, 6.45) is 0.731. The molecule has 216 valence electrons. The summed E-state index contributed by atoms with van der Waals surface area (Å²) >= 11 is 0. The Morgan fingerprint density at radius 2 is 1.48 bits per heavy atom. The molecule has 1 heterocycles. The van der Waals surface area contributed by atoms with Crippen LogP contribution >= 0.6 is 0 Å². The van der Waals surface area contributed by atoms with Gasteiger partial charge >= 0.3 is 35.5 Å². The molecule has 1 atom stereocenters. The molecule has 0 aliphatic rings. The number of anilines is 1. The van der Waals surface area contributed by atoms with Crippen molar-refractivity contribution in [3.05, 3.63) is 138 Å².